The number of nitrogens with one attached hydrogen (secondary N) is 1. The van der Waals surface area contributed by atoms with Gasteiger partial charge in [-0.25, -0.2) is 4.98 Å². The van der Waals surface area contributed by atoms with E-state index in [4.69, 9.17) is 0 Å². The first kappa shape index (κ1) is 7.73. The first-order chi connectivity index (χ1) is 6.45. The SMILES string of the molecule is C(=C\c1cnc[nH]1)/c1cccnc1. The van der Waals surface area contributed by atoms with Crippen LogP contribution in [-0.2, 0) is 0 Å². The number of aromatic amines is 1. The summed E-state index contributed by atoms with van der Waals surface area (Å²) in [5.41, 5.74) is 2.07. The molecule has 0 fully saturated rings. The summed E-state index contributed by atoms with van der Waals surface area (Å²) in [5, 5.41) is 0. The van der Waals surface area contributed by atoms with Gasteiger partial charge in [-0.15, -0.1) is 0 Å². The van der Waals surface area contributed by atoms with Crippen molar-refractivity contribution >= 4 is 12.2 Å². The van der Waals surface area contributed by atoms with Gasteiger partial charge in [-0.2, -0.15) is 0 Å². The van der Waals surface area contributed by atoms with Crippen LogP contribution in [0.15, 0.2) is 37.1 Å². The molecule has 13 heavy (non-hydrogen) atoms. The Bertz CT molecular complexity index is 376. The van der Waals surface area contributed by atoms with E-state index in [9.17, 15) is 0 Å². The summed E-state index contributed by atoms with van der Waals surface area (Å²) < 4.78 is 0. The molecule has 0 aliphatic rings. The minimum atomic E-state index is 0.990. The smallest absolute Gasteiger partial charge is 0.0924 e. The average Bonchev–Trinajstić information content (AvgIpc) is 2.69. The fourth-order valence-electron chi connectivity index (χ4n) is 1.02. The van der Waals surface area contributed by atoms with Gasteiger partial charge in [0, 0.05) is 12.4 Å². The molecule has 0 aliphatic carbocycles. The fraction of sp³-hybridized carbons (Fsp3) is 0. The van der Waals surface area contributed by atoms with Gasteiger partial charge in [0.1, 0.15) is 0 Å². The van der Waals surface area contributed by atoms with Gasteiger partial charge in [0.2, 0.25) is 0 Å². The number of hydrogen-bond acceptors (Lipinski definition) is 2. The van der Waals surface area contributed by atoms with Crippen molar-refractivity contribution in [1.82, 2.24) is 15.0 Å². The molecule has 2 aromatic rings. The minimum Gasteiger partial charge on any atom is -0.345 e. The molecule has 0 saturated heterocycles. The predicted octanol–water partition coefficient (Wildman–Crippen LogP) is 1.98. The maximum Gasteiger partial charge on any atom is 0.0924 e. The summed E-state index contributed by atoms with van der Waals surface area (Å²) in [6.45, 7) is 0. The number of nitrogens with zero attached hydrogens (tertiary/aromatic N) is 2. The highest BCUT2D eigenvalue weighted by Crippen LogP contribution is 2.02. The zero-order chi connectivity index (χ0) is 8.93. The van der Waals surface area contributed by atoms with Gasteiger partial charge >= 0.3 is 0 Å². The van der Waals surface area contributed by atoms with E-state index in [0.717, 1.165) is 11.3 Å². The Morgan fingerprint density at radius 1 is 1.15 bits per heavy atom. The zero-order valence-electron chi connectivity index (χ0n) is 7.01. The van der Waals surface area contributed by atoms with Crippen molar-refractivity contribution in [1.29, 1.82) is 0 Å². The summed E-state index contributed by atoms with van der Waals surface area (Å²) in [7, 11) is 0. The third-order valence-corrected chi connectivity index (χ3v) is 1.66. The molecule has 0 aromatic carbocycles. The Morgan fingerprint density at radius 3 is 2.85 bits per heavy atom. The van der Waals surface area contributed by atoms with Gasteiger partial charge in [-0.3, -0.25) is 4.98 Å². The lowest BCUT2D eigenvalue weighted by Crippen LogP contribution is -1.73. The Morgan fingerprint density at radius 2 is 2.15 bits per heavy atom. The van der Waals surface area contributed by atoms with E-state index in [0.29, 0.717) is 0 Å². The monoisotopic (exact) mass is 171 g/mol. The van der Waals surface area contributed by atoms with E-state index < -0.39 is 0 Å². The molecule has 2 aromatic heterocycles. The summed E-state index contributed by atoms with van der Waals surface area (Å²) in [4.78, 5) is 10.9. The highest BCUT2D eigenvalue weighted by atomic mass is 14.8. The Labute approximate surface area is 76.2 Å². The predicted molar refractivity (Wildman–Crippen MR) is 51.8 cm³/mol. The molecule has 0 amide bonds. The molecule has 0 bridgehead atoms. The molecule has 0 unspecified atom stereocenters. The number of hydrogen-bond donors (Lipinski definition) is 1. The normalized spacial score (nSPS) is 10.8. The lowest BCUT2D eigenvalue weighted by molar-refractivity contribution is 1.30. The van der Waals surface area contributed by atoms with Crippen LogP contribution in [0.4, 0.5) is 0 Å². The van der Waals surface area contributed by atoms with Gasteiger partial charge in [0.25, 0.3) is 0 Å². The Balaban J connectivity index is 2.15. The molecule has 1 N–H and O–H groups in total. The molecule has 0 radical (unpaired) electrons. The second kappa shape index (κ2) is 3.67. The van der Waals surface area contributed by atoms with E-state index in [1.54, 1.807) is 18.7 Å². The second-order valence-corrected chi connectivity index (χ2v) is 2.63. The standard InChI is InChI=1S/C10H9N3/c1-2-9(6-11-5-1)3-4-10-7-12-8-13-10/h1-8H,(H,12,13)/b4-3+. The maximum absolute atomic E-state index is 4.01. The first-order valence-electron chi connectivity index (χ1n) is 4.01. The quantitative estimate of drug-likeness (QED) is 0.750. The molecule has 3 nitrogen and oxygen atoms in total. The number of imidazole rings is 1. The topological polar surface area (TPSA) is 41.6 Å². The molecule has 0 saturated carbocycles. The van der Waals surface area contributed by atoms with Crippen LogP contribution in [0, 0.1) is 0 Å². The lowest BCUT2D eigenvalue weighted by atomic mass is 10.2. The third-order valence-electron chi connectivity index (χ3n) is 1.66. The van der Waals surface area contributed by atoms with Crippen LogP contribution in [0.25, 0.3) is 12.2 Å². The maximum atomic E-state index is 4.01. The van der Waals surface area contributed by atoms with Gasteiger partial charge in [-0.1, -0.05) is 12.1 Å². The molecular weight excluding hydrogens is 162 g/mol. The van der Waals surface area contributed by atoms with E-state index in [1.165, 1.54) is 0 Å². The van der Waals surface area contributed by atoms with Gasteiger partial charge < -0.3 is 4.98 Å². The van der Waals surface area contributed by atoms with Crippen LogP contribution in [-0.4, -0.2) is 15.0 Å². The second-order valence-electron chi connectivity index (χ2n) is 2.63. The number of aromatic nitrogens is 3. The Kier molecular flexibility index (Phi) is 2.18. The van der Waals surface area contributed by atoms with E-state index in [-0.39, 0.29) is 0 Å². The first-order valence-corrected chi connectivity index (χ1v) is 4.01. The van der Waals surface area contributed by atoms with E-state index >= 15 is 0 Å². The van der Waals surface area contributed by atoms with Crippen molar-refractivity contribution in [2.45, 2.75) is 0 Å². The summed E-state index contributed by atoms with van der Waals surface area (Å²) in [6, 6.07) is 3.91. The number of rotatable bonds is 2. The van der Waals surface area contributed by atoms with Crippen molar-refractivity contribution in [3.63, 3.8) is 0 Å². The van der Waals surface area contributed by atoms with Crippen LogP contribution in [0.5, 0.6) is 0 Å². The van der Waals surface area contributed by atoms with Gasteiger partial charge in [-0.05, 0) is 17.7 Å². The van der Waals surface area contributed by atoms with Crippen LogP contribution in [0.1, 0.15) is 11.3 Å². The lowest BCUT2D eigenvalue weighted by Gasteiger charge is -1.88. The summed E-state index contributed by atoms with van der Waals surface area (Å²) in [5.74, 6) is 0. The highest BCUT2D eigenvalue weighted by molar-refractivity contribution is 5.66. The van der Waals surface area contributed by atoms with Crippen LogP contribution in [0.2, 0.25) is 0 Å². The van der Waals surface area contributed by atoms with Crippen molar-refractivity contribution < 1.29 is 0 Å². The molecule has 2 rings (SSSR count). The van der Waals surface area contributed by atoms with Crippen molar-refractivity contribution in [2.24, 2.45) is 0 Å². The van der Waals surface area contributed by atoms with Crippen LogP contribution < -0.4 is 0 Å². The molecule has 0 atom stereocenters. The van der Waals surface area contributed by atoms with Gasteiger partial charge in [0.15, 0.2) is 0 Å². The largest absolute Gasteiger partial charge is 0.345 e. The van der Waals surface area contributed by atoms with Gasteiger partial charge in [0.05, 0.1) is 18.2 Å². The highest BCUT2D eigenvalue weighted by Gasteiger charge is 1.86. The Hall–Kier alpha value is -1.90. The molecular formula is C10H9N3. The minimum absolute atomic E-state index is 0.990. The summed E-state index contributed by atoms with van der Waals surface area (Å²) in [6.07, 6.45) is 10.9. The molecule has 0 aliphatic heterocycles. The summed E-state index contributed by atoms with van der Waals surface area (Å²) >= 11 is 0. The van der Waals surface area contributed by atoms with Crippen molar-refractivity contribution in [3.05, 3.63) is 48.3 Å². The molecule has 0 spiro atoms. The fourth-order valence-corrected chi connectivity index (χ4v) is 1.02. The average molecular weight is 171 g/mol. The number of H-pyrrole nitrogens is 1. The van der Waals surface area contributed by atoms with Crippen LogP contribution in [0.3, 0.4) is 0 Å². The molecule has 3 heteroatoms. The van der Waals surface area contributed by atoms with Crippen molar-refractivity contribution in [3.8, 4) is 0 Å². The van der Waals surface area contributed by atoms with E-state index in [2.05, 4.69) is 15.0 Å². The molecule has 64 valence electrons. The van der Waals surface area contributed by atoms with E-state index in [1.807, 2.05) is 30.5 Å². The number of pyridine rings is 1. The third kappa shape index (κ3) is 2.02. The zero-order valence-corrected chi connectivity index (χ0v) is 7.01. The van der Waals surface area contributed by atoms with Crippen molar-refractivity contribution in [2.75, 3.05) is 0 Å². The van der Waals surface area contributed by atoms with Crippen LogP contribution >= 0.6 is 0 Å². The molecule has 2 heterocycles.